The highest BCUT2D eigenvalue weighted by atomic mass is 79.9. The van der Waals surface area contributed by atoms with Crippen LogP contribution in [-0.2, 0) is 0 Å². The zero-order valence-corrected chi connectivity index (χ0v) is 13.3. The van der Waals surface area contributed by atoms with Crippen molar-refractivity contribution in [2.45, 2.75) is 31.7 Å². The van der Waals surface area contributed by atoms with Crippen LogP contribution in [0.1, 0.15) is 29.9 Å². The van der Waals surface area contributed by atoms with Crippen molar-refractivity contribution < 1.29 is 8.78 Å². The molecule has 1 nitrogen and oxygen atoms in total. The molecule has 1 aliphatic carbocycles. The van der Waals surface area contributed by atoms with Gasteiger partial charge in [-0.15, -0.1) is 0 Å². The van der Waals surface area contributed by atoms with Crippen LogP contribution in [0.2, 0.25) is 0 Å². The minimum absolute atomic E-state index is 0.00712. The smallest absolute Gasteiger partial charge is 0.152 e. The van der Waals surface area contributed by atoms with E-state index >= 15 is 0 Å². The second-order valence-corrected chi connectivity index (χ2v) is 6.53. The molecular weight excluding hydrogens is 336 g/mol. The molecule has 3 rings (SSSR count). The molecule has 4 heteroatoms. The molecule has 0 bridgehead atoms. The van der Waals surface area contributed by atoms with Gasteiger partial charge in [0.1, 0.15) is 11.5 Å². The van der Waals surface area contributed by atoms with Crippen LogP contribution in [-0.4, -0.2) is 6.04 Å². The summed E-state index contributed by atoms with van der Waals surface area (Å²) in [6.07, 6.45) is 1.78. The largest absolute Gasteiger partial charge is 0.378 e. The summed E-state index contributed by atoms with van der Waals surface area (Å²) in [6, 6.07) is 11.1. The van der Waals surface area contributed by atoms with Crippen molar-refractivity contribution in [2.75, 3.05) is 5.32 Å². The predicted octanol–water partition coefficient (Wildman–Crippen LogP) is 5.39. The van der Waals surface area contributed by atoms with Crippen molar-refractivity contribution in [1.82, 2.24) is 0 Å². The summed E-state index contributed by atoms with van der Waals surface area (Å²) < 4.78 is 28.7. The lowest BCUT2D eigenvalue weighted by Gasteiger charge is -2.37. The molecular formula is C17H16BrF2N. The van der Waals surface area contributed by atoms with Crippen LogP contribution in [0.4, 0.5) is 14.5 Å². The lowest BCUT2D eigenvalue weighted by Crippen LogP contribution is -2.34. The van der Waals surface area contributed by atoms with E-state index in [1.807, 2.05) is 12.1 Å². The highest BCUT2D eigenvalue weighted by molar-refractivity contribution is 9.10. The maximum atomic E-state index is 13.9. The molecule has 1 N–H and O–H groups in total. The third kappa shape index (κ3) is 2.95. The number of nitrogens with one attached hydrogen (secondary N) is 1. The highest BCUT2D eigenvalue weighted by Gasteiger charge is 2.31. The SMILES string of the molecule is Cc1ccc(F)c(NC2CC(c3cccc(Br)c3)C2)c1F. The normalized spacial score (nSPS) is 21.0. The minimum Gasteiger partial charge on any atom is -0.378 e. The van der Waals surface area contributed by atoms with Crippen molar-refractivity contribution in [1.29, 1.82) is 0 Å². The number of hydrogen-bond donors (Lipinski definition) is 1. The summed E-state index contributed by atoms with van der Waals surface area (Å²) in [5, 5.41) is 3.01. The predicted molar refractivity (Wildman–Crippen MR) is 84.6 cm³/mol. The van der Waals surface area contributed by atoms with E-state index in [1.54, 1.807) is 6.92 Å². The van der Waals surface area contributed by atoms with Gasteiger partial charge in [0.15, 0.2) is 5.82 Å². The average molecular weight is 352 g/mol. The third-order valence-electron chi connectivity index (χ3n) is 4.09. The lowest BCUT2D eigenvalue weighted by molar-refractivity contribution is 0.371. The van der Waals surface area contributed by atoms with Gasteiger partial charge >= 0.3 is 0 Å². The second kappa shape index (κ2) is 5.76. The van der Waals surface area contributed by atoms with Crippen LogP contribution in [0, 0.1) is 18.6 Å². The number of benzene rings is 2. The molecule has 0 aliphatic heterocycles. The molecule has 0 aromatic heterocycles. The van der Waals surface area contributed by atoms with Gasteiger partial charge in [-0.05, 0) is 55.0 Å². The Morgan fingerprint density at radius 3 is 2.62 bits per heavy atom. The van der Waals surface area contributed by atoms with E-state index in [4.69, 9.17) is 0 Å². The number of rotatable bonds is 3. The first-order valence-corrected chi connectivity index (χ1v) is 7.80. The number of aryl methyl sites for hydroxylation is 1. The fourth-order valence-corrected chi connectivity index (χ4v) is 3.18. The first-order valence-electron chi connectivity index (χ1n) is 7.01. The average Bonchev–Trinajstić information content (AvgIpc) is 2.41. The number of anilines is 1. The Morgan fingerprint density at radius 1 is 1.14 bits per heavy atom. The van der Waals surface area contributed by atoms with Crippen LogP contribution in [0.3, 0.4) is 0 Å². The van der Waals surface area contributed by atoms with Crippen molar-refractivity contribution in [2.24, 2.45) is 0 Å². The van der Waals surface area contributed by atoms with Crippen LogP contribution in [0.25, 0.3) is 0 Å². The Labute approximate surface area is 131 Å². The topological polar surface area (TPSA) is 12.0 Å². The molecule has 2 aromatic rings. The molecule has 0 spiro atoms. The van der Waals surface area contributed by atoms with E-state index in [2.05, 4.69) is 33.4 Å². The molecule has 0 unspecified atom stereocenters. The second-order valence-electron chi connectivity index (χ2n) is 5.62. The van der Waals surface area contributed by atoms with Crippen molar-refractivity contribution in [3.63, 3.8) is 0 Å². The van der Waals surface area contributed by atoms with Gasteiger partial charge in [-0.1, -0.05) is 34.1 Å². The van der Waals surface area contributed by atoms with E-state index < -0.39 is 11.6 Å². The molecule has 0 atom stereocenters. The molecule has 1 fully saturated rings. The summed E-state index contributed by atoms with van der Waals surface area (Å²) in [5.74, 6) is -0.555. The standard InChI is InChI=1S/C17H16BrF2N/c1-10-5-6-15(19)17(16(10)20)21-14-8-12(9-14)11-3-2-4-13(18)7-11/h2-7,12,14,21H,8-9H2,1H3. The monoisotopic (exact) mass is 351 g/mol. The van der Waals surface area contributed by atoms with Gasteiger partial charge in [0.2, 0.25) is 0 Å². The zero-order valence-electron chi connectivity index (χ0n) is 11.7. The van der Waals surface area contributed by atoms with Gasteiger partial charge in [-0.25, -0.2) is 8.78 Å². The van der Waals surface area contributed by atoms with E-state index in [1.165, 1.54) is 17.7 Å². The Kier molecular flexibility index (Phi) is 3.98. The summed E-state index contributed by atoms with van der Waals surface area (Å²) in [6.45, 7) is 1.64. The molecule has 0 saturated heterocycles. The Morgan fingerprint density at radius 2 is 1.90 bits per heavy atom. The Bertz CT molecular complexity index is 666. The van der Waals surface area contributed by atoms with Crippen LogP contribution < -0.4 is 5.32 Å². The summed E-state index contributed by atoms with van der Waals surface area (Å²) in [4.78, 5) is 0. The minimum atomic E-state index is -0.524. The molecule has 0 radical (unpaired) electrons. The van der Waals surface area contributed by atoms with Gasteiger partial charge in [0.05, 0.1) is 0 Å². The fourth-order valence-electron chi connectivity index (χ4n) is 2.76. The molecule has 2 aromatic carbocycles. The van der Waals surface area contributed by atoms with Gasteiger partial charge in [0, 0.05) is 10.5 Å². The first-order chi connectivity index (χ1) is 10.0. The van der Waals surface area contributed by atoms with E-state index in [9.17, 15) is 8.78 Å². The lowest BCUT2D eigenvalue weighted by atomic mass is 9.76. The van der Waals surface area contributed by atoms with E-state index in [-0.39, 0.29) is 11.7 Å². The summed E-state index contributed by atoms with van der Waals surface area (Å²) in [7, 11) is 0. The van der Waals surface area contributed by atoms with Crippen LogP contribution in [0.5, 0.6) is 0 Å². The molecule has 21 heavy (non-hydrogen) atoms. The molecule has 1 aliphatic rings. The Balaban J connectivity index is 1.67. The molecule has 1 saturated carbocycles. The molecule has 0 amide bonds. The van der Waals surface area contributed by atoms with Gasteiger partial charge < -0.3 is 5.32 Å². The van der Waals surface area contributed by atoms with Crippen molar-refractivity contribution in [3.8, 4) is 0 Å². The Hall–Kier alpha value is -1.42. The molecule has 110 valence electrons. The van der Waals surface area contributed by atoms with Crippen LogP contribution >= 0.6 is 15.9 Å². The van der Waals surface area contributed by atoms with Crippen molar-refractivity contribution in [3.05, 3.63) is 63.6 Å². The van der Waals surface area contributed by atoms with Gasteiger partial charge in [-0.3, -0.25) is 0 Å². The number of halogens is 3. The maximum absolute atomic E-state index is 13.9. The van der Waals surface area contributed by atoms with E-state index in [0.717, 1.165) is 17.3 Å². The highest BCUT2D eigenvalue weighted by Crippen LogP contribution is 2.40. The van der Waals surface area contributed by atoms with Crippen molar-refractivity contribution >= 4 is 21.6 Å². The zero-order chi connectivity index (χ0) is 15.0. The van der Waals surface area contributed by atoms with Crippen LogP contribution in [0.15, 0.2) is 40.9 Å². The first kappa shape index (κ1) is 14.5. The molecule has 0 heterocycles. The maximum Gasteiger partial charge on any atom is 0.152 e. The fraction of sp³-hybridized carbons (Fsp3) is 0.294. The summed E-state index contributed by atoms with van der Waals surface area (Å²) in [5.41, 5.74) is 1.74. The number of hydrogen-bond acceptors (Lipinski definition) is 1. The quantitative estimate of drug-likeness (QED) is 0.781. The van der Waals surface area contributed by atoms with Gasteiger partial charge in [0.25, 0.3) is 0 Å². The van der Waals surface area contributed by atoms with Gasteiger partial charge in [-0.2, -0.15) is 0 Å². The summed E-state index contributed by atoms with van der Waals surface area (Å²) >= 11 is 3.46. The third-order valence-corrected chi connectivity index (χ3v) is 4.58. The van der Waals surface area contributed by atoms with E-state index in [0.29, 0.717) is 11.5 Å².